The molecular weight excluding hydrogens is 264 g/mol. The number of thioether (sulfide) groups is 1. The Bertz CT molecular complexity index is 376. The summed E-state index contributed by atoms with van der Waals surface area (Å²) in [7, 11) is 0. The van der Waals surface area contributed by atoms with Crippen molar-refractivity contribution in [3.63, 3.8) is 0 Å². The van der Waals surface area contributed by atoms with E-state index < -0.39 is 0 Å². The average Bonchev–Trinajstić information content (AvgIpc) is 2.72. The zero-order valence-electron chi connectivity index (χ0n) is 14.2. The lowest BCUT2D eigenvalue weighted by Crippen LogP contribution is -2.39. The highest BCUT2D eigenvalue weighted by atomic mass is 32.2. The van der Waals surface area contributed by atoms with Crippen LogP contribution in [0.2, 0.25) is 0 Å². The van der Waals surface area contributed by atoms with Crippen LogP contribution in [0.1, 0.15) is 60.3 Å². The molecule has 2 aliphatic rings. The molecule has 0 heterocycles. The molecule has 2 heteroatoms. The van der Waals surface area contributed by atoms with Gasteiger partial charge in [-0.2, -0.15) is 11.8 Å². The highest BCUT2D eigenvalue weighted by molar-refractivity contribution is 7.98. The van der Waals surface area contributed by atoms with E-state index in [0.717, 1.165) is 11.8 Å². The number of hydrogen-bond acceptors (Lipinski definition) is 2. The van der Waals surface area contributed by atoms with Crippen molar-refractivity contribution in [3.05, 3.63) is 0 Å². The lowest BCUT2D eigenvalue weighted by atomic mass is 9.64. The van der Waals surface area contributed by atoms with Gasteiger partial charge in [0.05, 0.1) is 0 Å². The first-order valence-electron chi connectivity index (χ1n) is 8.25. The van der Waals surface area contributed by atoms with Gasteiger partial charge in [-0.25, -0.2) is 0 Å². The van der Waals surface area contributed by atoms with E-state index in [0.29, 0.717) is 22.5 Å². The summed E-state index contributed by atoms with van der Waals surface area (Å²) < 4.78 is 0. The fourth-order valence-corrected chi connectivity index (χ4v) is 6.51. The second-order valence-electron chi connectivity index (χ2n) is 8.09. The Hall–Kier alpha value is 0.0200. The third kappa shape index (κ3) is 2.36. The summed E-state index contributed by atoms with van der Waals surface area (Å²) in [5.74, 6) is 4.18. The van der Waals surface area contributed by atoms with E-state index in [1.165, 1.54) is 31.4 Å². The summed E-state index contributed by atoms with van der Waals surface area (Å²) >= 11 is 2.03. The van der Waals surface area contributed by atoms with Crippen LogP contribution < -0.4 is 0 Å². The Kier molecular flexibility index (Phi) is 4.64. The average molecular weight is 297 g/mol. The molecule has 116 valence electrons. The van der Waals surface area contributed by atoms with E-state index in [1.54, 1.807) is 6.92 Å². The van der Waals surface area contributed by atoms with Crippen molar-refractivity contribution in [2.24, 2.45) is 34.5 Å². The van der Waals surface area contributed by atoms with Crippen LogP contribution >= 0.6 is 11.8 Å². The quantitative estimate of drug-likeness (QED) is 0.683. The second-order valence-corrected chi connectivity index (χ2v) is 8.96. The van der Waals surface area contributed by atoms with Crippen molar-refractivity contribution in [2.75, 3.05) is 12.0 Å². The molecule has 0 radical (unpaired) electrons. The zero-order chi connectivity index (χ0) is 15.1. The van der Waals surface area contributed by atoms with E-state index in [4.69, 9.17) is 0 Å². The van der Waals surface area contributed by atoms with Crippen molar-refractivity contribution < 1.29 is 4.79 Å². The molecule has 2 fully saturated rings. The maximum absolute atomic E-state index is 11.6. The number of Topliss-reactive ketones (excluding diaryl/α,β-unsaturated/α-hetero) is 1. The first-order chi connectivity index (χ1) is 9.26. The molecule has 2 bridgehead atoms. The van der Waals surface area contributed by atoms with Crippen molar-refractivity contribution in [1.82, 2.24) is 0 Å². The van der Waals surface area contributed by atoms with E-state index in [2.05, 4.69) is 34.0 Å². The Morgan fingerprint density at radius 2 is 2.00 bits per heavy atom. The molecular formula is C18H32OS. The lowest BCUT2D eigenvalue weighted by Gasteiger charge is -2.43. The third-order valence-electron chi connectivity index (χ3n) is 7.15. The van der Waals surface area contributed by atoms with Gasteiger partial charge in [0.15, 0.2) is 0 Å². The Balaban J connectivity index is 2.15. The molecule has 0 aliphatic heterocycles. The SMILES string of the molecule is CSCC12CCC(CC1CC(C)C(C)C(C)=O)C2(C)C. The summed E-state index contributed by atoms with van der Waals surface area (Å²) in [5, 5.41) is 0. The molecule has 0 spiro atoms. The maximum atomic E-state index is 11.6. The molecule has 0 aromatic rings. The molecule has 5 atom stereocenters. The van der Waals surface area contributed by atoms with Crippen LogP contribution in [-0.2, 0) is 4.79 Å². The van der Waals surface area contributed by atoms with Crippen LogP contribution in [0.4, 0.5) is 0 Å². The number of fused-ring (bicyclic) bond motifs is 2. The fourth-order valence-electron chi connectivity index (χ4n) is 5.24. The predicted molar refractivity (Wildman–Crippen MR) is 89.1 cm³/mol. The smallest absolute Gasteiger partial charge is 0.132 e. The van der Waals surface area contributed by atoms with Gasteiger partial charge in [0.1, 0.15) is 5.78 Å². The number of rotatable bonds is 6. The van der Waals surface area contributed by atoms with Gasteiger partial charge in [-0.05, 0) is 73.2 Å². The lowest BCUT2D eigenvalue weighted by molar-refractivity contribution is -0.121. The maximum Gasteiger partial charge on any atom is 0.132 e. The van der Waals surface area contributed by atoms with Gasteiger partial charge in [0.2, 0.25) is 0 Å². The number of hydrogen-bond donors (Lipinski definition) is 0. The highest BCUT2D eigenvalue weighted by Gasteiger charge is 2.63. The normalized spacial score (nSPS) is 37.9. The fraction of sp³-hybridized carbons (Fsp3) is 0.944. The summed E-state index contributed by atoms with van der Waals surface area (Å²) in [5.41, 5.74) is 1.03. The summed E-state index contributed by atoms with van der Waals surface area (Å²) in [6.45, 7) is 11.2. The van der Waals surface area contributed by atoms with Gasteiger partial charge in [-0.15, -0.1) is 0 Å². The van der Waals surface area contributed by atoms with Gasteiger partial charge in [0.25, 0.3) is 0 Å². The molecule has 0 amide bonds. The Morgan fingerprint density at radius 3 is 2.50 bits per heavy atom. The summed E-state index contributed by atoms with van der Waals surface area (Å²) in [4.78, 5) is 11.6. The molecule has 0 saturated heterocycles. The Morgan fingerprint density at radius 1 is 1.35 bits per heavy atom. The minimum absolute atomic E-state index is 0.226. The van der Waals surface area contributed by atoms with Gasteiger partial charge >= 0.3 is 0 Å². The second kappa shape index (κ2) is 5.66. The first-order valence-corrected chi connectivity index (χ1v) is 9.65. The van der Waals surface area contributed by atoms with E-state index in [1.807, 2.05) is 11.8 Å². The van der Waals surface area contributed by atoms with Gasteiger partial charge < -0.3 is 0 Å². The monoisotopic (exact) mass is 296 g/mol. The Labute approximate surface area is 129 Å². The van der Waals surface area contributed by atoms with Crippen LogP contribution in [-0.4, -0.2) is 17.8 Å². The van der Waals surface area contributed by atoms with Crippen LogP contribution in [0.15, 0.2) is 0 Å². The highest BCUT2D eigenvalue weighted by Crippen LogP contribution is 2.70. The molecule has 0 N–H and O–H groups in total. The molecule has 2 aliphatic carbocycles. The van der Waals surface area contributed by atoms with E-state index in [9.17, 15) is 4.79 Å². The predicted octanol–water partition coefficient (Wildman–Crippen LogP) is 5.04. The molecule has 1 nitrogen and oxygen atoms in total. The van der Waals surface area contributed by atoms with E-state index in [-0.39, 0.29) is 5.92 Å². The number of ketones is 1. The van der Waals surface area contributed by atoms with Crippen molar-refractivity contribution in [2.45, 2.75) is 60.3 Å². The van der Waals surface area contributed by atoms with Crippen LogP contribution in [0, 0.1) is 34.5 Å². The summed E-state index contributed by atoms with van der Waals surface area (Å²) in [6, 6.07) is 0. The molecule has 0 aromatic carbocycles. The third-order valence-corrected chi connectivity index (χ3v) is 7.95. The largest absolute Gasteiger partial charge is 0.300 e. The molecule has 2 saturated carbocycles. The molecule has 2 rings (SSSR count). The van der Waals surface area contributed by atoms with Crippen molar-refractivity contribution in [3.8, 4) is 0 Å². The van der Waals surface area contributed by atoms with Crippen LogP contribution in [0.5, 0.6) is 0 Å². The van der Waals surface area contributed by atoms with E-state index >= 15 is 0 Å². The summed E-state index contributed by atoms with van der Waals surface area (Å²) in [6.07, 6.45) is 7.76. The van der Waals surface area contributed by atoms with Crippen LogP contribution in [0.25, 0.3) is 0 Å². The number of carbonyl (C=O) groups is 1. The molecule has 20 heavy (non-hydrogen) atoms. The van der Waals surface area contributed by atoms with Gasteiger partial charge in [-0.3, -0.25) is 4.79 Å². The topological polar surface area (TPSA) is 17.1 Å². The zero-order valence-corrected chi connectivity index (χ0v) is 15.0. The van der Waals surface area contributed by atoms with Crippen molar-refractivity contribution >= 4 is 17.5 Å². The van der Waals surface area contributed by atoms with Crippen LogP contribution in [0.3, 0.4) is 0 Å². The molecule has 5 unspecified atom stereocenters. The first kappa shape index (κ1) is 16.4. The van der Waals surface area contributed by atoms with Crippen molar-refractivity contribution in [1.29, 1.82) is 0 Å². The number of carbonyl (C=O) groups excluding carboxylic acids is 1. The standard InChI is InChI=1S/C18H32OS/c1-12(13(2)14(3)19)9-16-10-15-7-8-18(16,11-20-6)17(15,4)5/h12-13,15-16H,7-11H2,1-6H3. The van der Waals surface area contributed by atoms with Gasteiger partial charge in [-0.1, -0.05) is 27.7 Å². The molecule has 0 aromatic heterocycles. The minimum atomic E-state index is 0.226. The van der Waals surface area contributed by atoms with Gasteiger partial charge in [0, 0.05) is 5.92 Å². The minimum Gasteiger partial charge on any atom is -0.300 e.